The average molecular weight is 368 g/mol. The van der Waals surface area contributed by atoms with E-state index in [0.717, 1.165) is 69.9 Å². The van der Waals surface area contributed by atoms with E-state index in [1.54, 1.807) is 6.26 Å². The highest BCUT2D eigenvalue weighted by Crippen LogP contribution is 2.19. The van der Waals surface area contributed by atoms with Gasteiger partial charge in [0.2, 0.25) is 11.8 Å². The van der Waals surface area contributed by atoms with Crippen LogP contribution in [-0.4, -0.2) is 71.4 Å². The number of benzene rings is 1. The molecule has 1 aromatic heterocycles. The Morgan fingerprint density at radius 2 is 1.63 bits per heavy atom. The lowest BCUT2D eigenvalue weighted by Crippen LogP contribution is -2.50. The second-order valence-electron chi connectivity index (χ2n) is 7.50. The molecule has 2 aliphatic heterocycles. The summed E-state index contributed by atoms with van der Waals surface area (Å²) in [6.45, 7) is 7.02. The van der Waals surface area contributed by atoms with Gasteiger partial charge in [-0.15, -0.1) is 0 Å². The smallest absolute Gasteiger partial charge is 0.236 e. The fourth-order valence-corrected chi connectivity index (χ4v) is 3.86. The standard InChI is InChI=1S/C21H28N4O2/c26-20(25-9-5-2-6-10-25)16-24-13-11-23(12-14-24)15-19-17-27-21(22-19)18-7-3-1-4-8-18/h1,3-4,7-8,17H,2,5-6,9-16H2. The van der Waals surface area contributed by atoms with Crippen molar-refractivity contribution >= 4 is 5.91 Å². The van der Waals surface area contributed by atoms with Crippen LogP contribution in [0.1, 0.15) is 25.0 Å². The molecule has 1 aromatic carbocycles. The van der Waals surface area contributed by atoms with E-state index >= 15 is 0 Å². The highest BCUT2D eigenvalue weighted by molar-refractivity contribution is 5.78. The lowest BCUT2D eigenvalue weighted by atomic mass is 10.1. The molecule has 2 fully saturated rings. The minimum atomic E-state index is 0.298. The molecule has 2 saturated heterocycles. The van der Waals surface area contributed by atoms with E-state index in [0.29, 0.717) is 18.3 Å². The van der Waals surface area contributed by atoms with Gasteiger partial charge in [0, 0.05) is 51.4 Å². The Labute approximate surface area is 160 Å². The van der Waals surface area contributed by atoms with Crippen molar-refractivity contribution in [3.63, 3.8) is 0 Å². The van der Waals surface area contributed by atoms with Crippen LogP contribution in [-0.2, 0) is 11.3 Å². The Morgan fingerprint density at radius 1 is 0.926 bits per heavy atom. The molecule has 1 amide bonds. The van der Waals surface area contributed by atoms with Crippen LogP contribution >= 0.6 is 0 Å². The zero-order valence-electron chi connectivity index (χ0n) is 15.8. The molecule has 0 unspecified atom stereocenters. The number of piperazine rings is 1. The monoisotopic (exact) mass is 368 g/mol. The lowest BCUT2D eigenvalue weighted by molar-refractivity contribution is -0.133. The minimum Gasteiger partial charge on any atom is -0.444 e. The molecular weight excluding hydrogens is 340 g/mol. The number of aromatic nitrogens is 1. The van der Waals surface area contributed by atoms with E-state index in [-0.39, 0.29) is 0 Å². The molecule has 6 heteroatoms. The first-order valence-electron chi connectivity index (χ1n) is 10.0. The third-order valence-electron chi connectivity index (χ3n) is 5.49. The van der Waals surface area contributed by atoms with Crippen LogP contribution in [0, 0.1) is 0 Å². The van der Waals surface area contributed by atoms with Crippen LogP contribution in [0.3, 0.4) is 0 Å². The van der Waals surface area contributed by atoms with Gasteiger partial charge in [-0.05, 0) is 31.4 Å². The van der Waals surface area contributed by atoms with Crippen LogP contribution < -0.4 is 0 Å². The number of nitrogens with zero attached hydrogens (tertiary/aromatic N) is 4. The van der Waals surface area contributed by atoms with E-state index in [1.807, 2.05) is 35.2 Å². The molecule has 0 radical (unpaired) electrons. The number of piperidine rings is 1. The van der Waals surface area contributed by atoms with Gasteiger partial charge < -0.3 is 9.32 Å². The van der Waals surface area contributed by atoms with E-state index < -0.39 is 0 Å². The van der Waals surface area contributed by atoms with Crippen LogP contribution in [0.5, 0.6) is 0 Å². The fourth-order valence-electron chi connectivity index (χ4n) is 3.86. The molecule has 0 atom stereocenters. The normalized spacial score (nSPS) is 19.3. The van der Waals surface area contributed by atoms with Crippen molar-refractivity contribution in [2.75, 3.05) is 45.8 Å². The van der Waals surface area contributed by atoms with E-state index in [9.17, 15) is 4.79 Å². The first-order chi connectivity index (χ1) is 13.3. The summed E-state index contributed by atoms with van der Waals surface area (Å²) in [5.41, 5.74) is 1.97. The predicted octanol–water partition coefficient (Wildman–Crippen LogP) is 2.47. The zero-order chi connectivity index (χ0) is 18.5. The summed E-state index contributed by atoms with van der Waals surface area (Å²) in [7, 11) is 0. The quantitative estimate of drug-likeness (QED) is 0.812. The highest BCUT2D eigenvalue weighted by atomic mass is 16.3. The van der Waals surface area contributed by atoms with Crippen LogP contribution in [0.2, 0.25) is 0 Å². The number of hydrogen-bond acceptors (Lipinski definition) is 5. The first kappa shape index (κ1) is 18.2. The van der Waals surface area contributed by atoms with Crippen molar-refractivity contribution in [2.45, 2.75) is 25.8 Å². The predicted molar refractivity (Wildman–Crippen MR) is 104 cm³/mol. The molecule has 0 saturated carbocycles. The second-order valence-corrected chi connectivity index (χ2v) is 7.50. The van der Waals surface area contributed by atoms with Gasteiger partial charge in [0.15, 0.2) is 0 Å². The zero-order valence-corrected chi connectivity index (χ0v) is 15.8. The largest absolute Gasteiger partial charge is 0.444 e. The van der Waals surface area contributed by atoms with Gasteiger partial charge in [0.1, 0.15) is 6.26 Å². The summed E-state index contributed by atoms with van der Waals surface area (Å²) in [6, 6.07) is 9.98. The molecule has 27 heavy (non-hydrogen) atoms. The summed E-state index contributed by atoms with van der Waals surface area (Å²) in [5.74, 6) is 0.975. The summed E-state index contributed by atoms with van der Waals surface area (Å²) in [4.78, 5) is 23.7. The highest BCUT2D eigenvalue weighted by Gasteiger charge is 2.23. The van der Waals surface area contributed by atoms with Gasteiger partial charge in [-0.1, -0.05) is 18.2 Å². The molecular formula is C21H28N4O2. The van der Waals surface area contributed by atoms with Gasteiger partial charge in [-0.3, -0.25) is 14.6 Å². The summed E-state index contributed by atoms with van der Waals surface area (Å²) in [5, 5.41) is 0. The van der Waals surface area contributed by atoms with E-state index in [1.165, 1.54) is 6.42 Å². The number of hydrogen-bond donors (Lipinski definition) is 0. The van der Waals surface area contributed by atoms with Crippen LogP contribution in [0.25, 0.3) is 11.5 Å². The van der Waals surface area contributed by atoms with Crippen LogP contribution in [0.15, 0.2) is 41.0 Å². The van der Waals surface area contributed by atoms with Crippen molar-refractivity contribution in [3.8, 4) is 11.5 Å². The minimum absolute atomic E-state index is 0.298. The fraction of sp³-hybridized carbons (Fsp3) is 0.524. The average Bonchev–Trinajstić information content (AvgIpc) is 3.19. The Balaban J connectivity index is 1.24. The Hall–Kier alpha value is -2.18. The number of rotatable bonds is 5. The number of likely N-dealkylation sites (tertiary alicyclic amines) is 1. The summed E-state index contributed by atoms with van der Waals surface area (Å²) >= 11 is 0. The summed E-state index contributed by atoms with van der Waals surface area (Å²) in [6.07, 6.45) is 5.33. The van der Waals surface area contributed by atoms with Gasteiger partial charge in [-0.25, -0.2) is 4.98 Å². The Bertz CT molecular complexity index is 732. The van der Waals surface area contributed by atoms with Gasteiger partial charge in [0.25, 0.3) is 0 Å². The molecule has 0 N–H and O–H groups in total. The molecule has 4 rings (SSSR count). The Morgan fingerprint density at radius 3 is 2.37 bits per heavy atom. The van der Waals surface area contributed by atoms with Crippen molar-refractivity contribution in [1.82, 2.24) is 19.7 Å². The topological polar surface area (TPSA) is 52.8 Å². The molecule has 144 valence electrons. The van der Waals surface area contributed by atoms with Gasteiger partial charge in [-0.2, -0.15) is 0 Å². The van der Waals surface area contributed by atoms with Crippen molar-refractivity contribution in [2.24, 2.45) is 0 Å². The Kier molecular flexibility index (Phi) is 5.84. The lowest BCUT2D eigenvalue weighted by Gasteiger charge is -2.35. The molecule has 0 bridgehead atoms. The molecule has 2 aromatic rings. The third-order valence-corrected chi connectivity index (χ3v) is 5.49. The first-order valence-corrected chi connectivity index (χ1v) is 10.0. The van der Waals surface area contributed by atoms with Crippen LogP contribution in [0.4, 0.5) is 0 Å². The maximum Gasteiger partial charge on any atom is 0.236 e. The number of oxazole rings is 1. The second kappa shape index (κ2) is 8.67. The molecule has 0 aliphatic carbocycles. The number of carbonyl (C=O) groups excluding carboxylic acids is 1. The summed E-state index contributed by atoms with van der Waals surface area (Å²) < 4.78 is 5.63. The maximum atomic E-state index is 12.4. The maximum absolute atomic E-state index is 12.4. The van der Waals surface area contributed by atoms with Gasteiger partial charge in [0.05, 0.1) is 12.2 Å². The third kappa shape index (κ3) is 4.76. The SMILES string of the molecule is O=C(CN1CCN(Cc2coc(-c3ccccc3)n2)CC1)N1CCCCC1. The van der Waals surface area contributed by atoms with Crippen molar-refractivity contribution in [3.05, 3.63) is 42.3 Å². The van der Waals surface area contributed by atoms with E-state index in [2.05, 4.69) is 14.8 Å². The van der Waals surface area contributed by atoms with Crippen molar-refractivity contribution < 1.29 is 9.21 Å². The molecule has 0 spiro atoms. The van der Waals surface area contributed by atoms with E-state index in [4.69, 9.17) is 4.42 Å². The molecule has 6 nitrogen and oxygen atoms in total. The number of amides is 1. The molecule has 3 heterocycles. The van der Waals surface area contributed by atoms with Crippen molar-refractivity contribution in [1.29, 1.82) is 0 Å². The number of carbonyl (C=O) groups is 1. The van der Waals surface area contributed by atoms with Gasteiger partial charge >= 0.3 is 0 Å². The molecule has 2 aliphatic rings.